The van der Waals surface area contributed by atoms with E-state index in [0.29, 0.717) is 32.6 Å². The zero-order chi connectivity index (χ0) is 24.5. The highest BCUT2D eigenvalue weighted by Crippen LogP contribution is 2.28. The second-order valence-electron chi connectivity index (χ2n) is 9.48. The Balaban J connectivity index is 1.78. The van der Waals surface area contributed by atoms with Crippen molar-refractivity contribution < 1.29 is 0 Å². The quantitative estimate of drug-likeness (QED) is 0.251. The molecule has 5 heteroatoms. The van der Waals surface area contributed by atoms with E-state index < -0.39 is 0 Å². The lowest BCUT2D eigenvalue weighted by atomic mass is 10.0. The fourth-order valence-electron chi connectivity index (χ4n) is 5.04. The molecule has 0 fully saturated rings. The van der Waals surface area contributed by atoms with Crippen molar-refractivity contribution in [1.82, 2.24) is 9.97 Å². The van der Waals surface area contributed by atoms with Crippen LogP contribution >= 0.6 is 0 Å². The molecule has 2 N–H and O–H groups in total. The van der Waals surface area contributed by atoms with Crippen molar-refractivity contribution >= 4 is 49.3 Å². The highest BCUT2D eigenvalue weighted by Gasteiger charge is 2.15. The molecular formula is C30H33N3O2. The summed E-state index contributed by atoms with van der Waals surface area (Å²) in [6, 6.07) is 15.6. The van der Waals surface area contributed by atoms with Crippen LogP contribution in [0.4, 0.5) is 5.69 Å². The molecule has 5 rings (SSSR count). The maximum atomic E-state index is 13.6. The molecule has 0 aliphatic rings. The molecule has 0 atom stereocenters. The van der Waals surface area contributed by atoms with E-state index in [1.54, 1.807) is 0 Å². The first-order valence-corrected chi connectivity index (χ1v) is 12.9. The number of para-hydroxylation sites is 1. The summed E-state index contributed by atoms with van der Waals surface area (Å²) in [7, 11) is 0. The average molecular weight is 468 g/mol. The van der Waals surface area contributed by atoms with Crippen LogP contribution in [0.25, 0.3) is 43.6 Å². The predicted molar refractivity (Wildman–Crippen MR) is 149 cm³/mol. The minimum Gasteiger partial charge on any atom is -0.370 e. The first kappa shape index (κ1) is 23.2. The lowest BCUT2D eigenvalue weighted by Crippen LogP contribution is -2.26. The number of fused-ring (bicyclic) bond motifs is 4. The SMILES string of the molecule is CCCCN(CCCC)c1cccc2c(=O)c3cc4[nH]c5ccc(CC)cc5c(=O)c4cc3[nH]c12. The van der Waals surface area contributed by atoms with Crippen molar-refractivity contribution in [3.63, 3.8) is 0 Å². The second kappa shape index (κ2) is 9.57. The maximum absolute atomic E-state index is 13.6. The van der Waals surface area contributed by atoms with Gasteiger partial charge in [-0.1, -0.05) is 45.7 Å². The number of aromatic nitrogens is 2. The van der Waals surface area contributed by atoms with E-state index in [0.717, 1.165) is 67.5 Å². The maximum Gasteiger partial charge on any atom is 0.197 e. The number of hydrogen-bond acceptors (Lipinski definition) is 3. The first-order valence-electron chi connectivity index (χ1n) is 12.9. The van der Waals surface area contributed by atoms with Crippen molar-refractivity contribution in [3.05, 3.63) is 74.5 Å². The van der Waals surface area contributed by atoms with Crippen LogP contribution in [0.2, 0.25) is 0 Å². The van der Waals surface area contributed by atoms with Crippen LogP contribution in [0.3, 0.4) is 0 Å². The van der Waals surface area contributed by atoms with Gasteiger partial charge >= 0.3 is 0 Å². The van der Waals surface area contributed by atoms with Gasteiger partial charge in [-0.15, -0.1) is 0 Å². The van der Waals surface area contributed by atoms with Crippen molar-refractivity contribution in [2.45, 2.75) is 52.9 Å². The van der Waals surface area contributed by atoms with Gasteiger partial charge in [-0.25, -0.2) is 0 Å². The number of aryl methyl sites for hydroxylation is 1. The van der Waals surface area contributed by atoms with E-state index in [1.165, 1.54) is 0 Å². The number of rotatable bonds is 8. The number of unbranched alkanes of at least 4 members (excludes halogenated alkanes) is 2. The zero-order valence-electron chi connectivity index (χ0n) is 20.8. The van der Waals surface area contributed by atoms with Crippen molar-refractivity contribution in [2.75, 3.05) is 18.0 Å². The largest absolute Gasteiger partial charge is 0.370 e. The molecule has 0 saturated heterocycles. The summed E-state index contributed by atoms with van der Waals surface area (Å²) in [5.74, 6) is 0. The van der Waals surface area contributed by atoms with Gasteiger partial charge in [0.25, 0.3) is 0 Å². The Kier molecular flexibility index (Phi) is 6.33. The van der Waals surface area contributed by atoms with Gasteiger partial charge < -0.3 is 14.9 Å². The molecule has 2 heterocycles. The molecule has 0 spiro atoms. The van der Waals surface area contributed by atoms with E-state index in [2.05, 4.69) is 41.7 Å². The normalized spacial score (nSPS) is 11.7. The Labute approximate surface area is 204 Å². The van der Waals surface area contributed by atoms with E-state index in [9.17, 15) is 9.59 Å². The third-order valence-corrected chi connectivity index (χ3v) is 7.10. The van der Waals surface area contributed by atoms with Crippen molar-refractivity contribution in [2.24, 2.45) is 0 Å². The average Bonchev–Trinajstić information content (AvgIpc) is 2.88. The van der Waals surface area contributed by atoms with Gasteiger partial charge in [-0.2, -0.15) is 0 Å². The number of aromatic amines is 2. The van der Waals surface area contributed by atoms with Gasteiger partial charge in [0.15, 0.2) is 10.9 Å². The highest BCUT2D eigenvalue weighted by atomic mass is 16.1. The Hall–Kier alpha value is -3.60. The number of nitrogens with zero attached hydrogens (tertiary/aromatic N) is 1. The zero-order valence-corrected chi connectivity index (χ0v) is 20.8. The summed E-state index contributed by atoms with van der Waals surface area (Å²) >= 11 is 0. The van der Waals surface area contributed by atoms with Gasteiger partial charge in [0.2, 0.25) is 0 Å². The van der Waals surface area contributed by atoms with E-state index in [1.807, 2.05) is 42.5 Å². The van der Waals surface area contributed by atoms with E-state index in [-0.39, 0.29) is 10.9 Å². The van der Waals surface area contributed by atoms with Crippen LogP contribution in [-0.2, 0) is 6.42 Å². The molecule has 3 aromatic carbocycles. The molecule has 2 aromatic heterocycles. The number of anilines is 1. The highest BCUT2D eigenvalue weighted by molar-refractivity contribution is 6.04. The molecule has 0 bridgehead atoms. The fourth-order valence-corrected chi connectivity index (χ4v) is 5.04. The summed E-state index contributed by atoms with van der Waals surface area (Å²) in [6.07, 6.45) is 5.32. The third-order valence-electron chi connectivity index (χ3n) is 7.10. The molecule has 0 unspecified atom stereocenters. The predicted octanol–water partition coefficient (Wildman–Crippen LogP) is 6.65. The lowest BCUT2D eigenvalue weighted by Gasteiger charge is -2.26. The van der Waals surface area contributed by atoms with Gasteiger partial charge in [0.1, 0.15) is 0 Å². The second-order valence-corrected chi connectivity index (χ2v) is 9.48. The Morgan fingerprint density at radius 3 is 1.97 bits per heavy atom. The van der Waals surface area contributed by atoms with Crippen molar-refractivity contribution in [1.29, 1.82) is 0 Å². The minimum atomic E-state index is -0.00860. The van der Waals surface area contributed by atoms with Gasteiger partial charge in [0.05, 0.1) is 22.2 Å². The molecule has 0 aliphatic carbocycles. The monoisotopic (exact) mass is 467 g/mol. The molecule has 0 saturated carbocycles. The van der Waals surface area contributed by atoms with Crippen LogP contribution in [0, 0.1) is 0 Å². The summed E-state index contributed by atoms with van der Waals surface area (Å²) in [5.41, 5.74) is 5.20. The van der Waals surface area contributed by atoms with Crippen LogP contribution in [0.5, 0.6) is 0 Å². The van der Waals surface area contributed by atoms with Crippen molar-refractivity contribution in [3.8, 4) is 0 Å². The van der Waals surface area contributed by atoms with E-state index in [4.69, 9.17) is 0 Å². The van der Waals surface area contributed by atoms with Gasteiger partial charge in [0, 0.05) is 40.2 Å². The molecule has 0 amide bonds. The number of benzene rings is 3. The lowest BCUT2D eigenvalue weighted by molar-refractivity contribution is 0.679. The topological polar surface area (TPSA) is 69.0 Å². The number of pyridine rings is 2. The molecule has 0 radical (unpaired) electrons. The number of H-pyrrole nitrogens is 2. The first-order chi connectivity index (χ1) is 17.0. The fraction of sp³-hybridized carbons (Fsp3) is 0.333. The number of hydrogen-bond donors (Lipinski definition) is 2. The van der Waals surface area contributed by atoms with Crippen LogP contribution in [0.1, 0.15) is 52.0 Å². The molecule has 35 heavy (non-hydrogen) atoms. The van der Waals surface area contributed by atoms with Gasteiger partial charge in [-0.05, 0) is 61.2 Å². The number of nitrogens with one attached hydrogen (secondary N) is 2. The van der Waals surface area contributed by atoms with Crippen LogP contribution in [0.15, 0.2) is 58.1 Å². The molecule has 5 nitrogen and oxygen atoms in total. The molecular weight excluding hydrogens is 434 g/mol. The van der Waals surface area contributed by atoms with Crippen LogP contribution in [-0.4, -0.2) is 23.1 Å². The summed E-state index contributed by atoms with van der Waals surface area (Å²) in [5, 5.41) is 2.56. The summed E-state index contributed by atoms with van der Waals surface area (Å²) in [6.45, 7) is 8.40. The standard InChI is InChI=1S/C30H33N3O2/c1-4-7-14-33(15-8-5-2)27-11-9-10-20-28(27)32-26-18-22-25(17-23(26)29(20)34)31-24-13-12-19(6-3)16-21(24)30(22)35/h9-13,16-18H,4-8,14-15H2,1-3H3,(H,31,35)(H,32,34). The summed E-state index contributed by atoms with van der Waals surface area (Å²) < 4.78 is 0. The van der Waals surface area contributed by atoms with Crippen LogP contribution < -0.4 is 15.8 Å². The van der Waals surface area contributed by atoms with E-state index >= 15 is 0 Å². The Morgan fingerprint density at radius 2 is 1.31 bits per heavy atom. The smallest absolute Gasteiger partial charge is 0.197 e. The Morgan fingerprint density at radius 1 is 0.686 bits per heavy atom. The summed E-state index contributed by atoms with van der Waals surface area (Å²) in [4.78, 5) is 36.4. The Bertz CT molecular complexity index is 1650. The molecule has 5 aromatic rings. The van der Waals surface area contributed by atoms with Gasteiger partial charge in [-0.3, -0.25) is 9.59 Å². The third kappa shape index (κ3) is 4.09. The molecule has 180 valence electrons. The molecule has 0 aliphatic heterocycles. The minimum absolute atomic E-state index is 0.00676.